The molecule has 12 heteroatoms. The molecule has 1 aromatic rings. The lowest BCUT2D eigenvalue weighted by Gasteiger charge is -2.24. The normalized spacial score (nSPS) is 10.8. The Morgan fingerprint density at radius 1 is 1.12 bits per heavy atom. The average Bonchev–Trinajstić information content (AvgIpc) is 2.56. The zero-order valence-corrected chi connectivity index (χ0v) is 14.4. The first-order chi connectivity index (χ1) is 11.6. The summed E-state index contributed by atoms with van der Waals surface area (Å²) in [5.74, 6) is -1.25. The van der Waals surface area contributed by atoms with Crippen LogP contribution in [0.1, 0.15) is 5.56 Å². The molecule has 0 fully saturated rings. The predicted molar refractivity (Wildman–Crippen MR) is 84.8 cm³/mol. The molecule has 1 rings (SSSR count). The highest BCUT2D eigenvalue weighted by Crippen LogP contribution is 2.05. The first kappa shape index (κ1) is 20.2. The van der Waals surface area contributed by atoms with Crippen LogP contribution >= 0.6 is 0 Å². The maximum Gasteiger partial charge on any atom is 0.427 e. The van der Waals surface area contributed by atoms with Gasteiger partial charge in [-0.05, 0) is 5.56 Å². The minimum Gasteiger partial charge on any atom is -0.443 e. The summed E-state index contributed by atoms with van der Waals surface area (Å²) >= 11 is 0. The number of hydrogen-bond donors (Lipinski definition) is 2. The summed E-state index contributed by atoms with van der Waals surface area (Å²) in [6.45, 7) is -1.13. The van der Waals surface area contributed by atoms with Crippen LogP contribution in [0.3, 0.4) is 0 Å². The van der Waals surface area contributed by atoms with Crippen LogP contribution in [-0.4, -0.2) is 55.9 Å². The Labute approximate surface area is 144 Å². The van der Waals surface area contributed by atoms with Crippen molar-refractivity contribution >= 4 is 28.3 Å². The highest BCUT2D eigenvalue weighted by molar-refractivity contribution is 7.87. The van der Waals surface area contributed by atoms with Gasteiger partial charge in [0.2, 0.25) is 0 Å². The second kappa shape index (κ2) is 8.84. The van der Waals surface area contributed by atoms with Crippen LogP contribution in [-0.2, 0) is 31.1 Å². The van der Waals surface area contributed by atoms with Crippen LogP contribution in [0.5, 0.6) is 0 Å². The number of nitrogens with zero attached hydrogens (tertiary/aromatic N) is 2. The molecule has 11 nitrogen and oxygen atoms in total. The van der Waals surface area contributed by atoms with E-state index in [0.717, 1.165) is 14.1 Å². The van der Waals surface area contributed by atoms with Crippen LogP contribution in [0.2, 0.25) is 0 Å². The Hall–Kier alpha value is -2.86. The van der Waals surface area contributed by atoms with Gasteiger partial charge in [-0.3, -0.25) is 4.79 Å². The summed E-state index contributed by atoms with van der Waals surface area (Å²) < 4.78 is 34.0. The highest BCUT2D eigenvalue weighted by Gasteiger charge is 2.32. The Bertz CT molecular complexity index is 721. The number of rotatable bonds is 6. The van der Waals surface area contributed by atoms with Gasteiger partial charge >= 0.3 is 22.4 Å². The fourth-order valence-electron chi connectivity index (χ4n) is 1.44. The Kier molecular flexibility index (Phi) is 7.14. The summed E-state index contributed by atoms with van der Waals surface area (Å²) in [6, 6.07) is 8.60. The summed E-state index contributed by atoms with van der Waals surface area (Å²) in [6.07, 6.45) is -2.47. The van der Waals surface area contributed by atoms with E-state index in [4.69, 9.17) is 10.5 Å². The third-order valence-corrected chi connectivity index (χ3v) is 4.34. The molecule has 0 atom stereocenters. The topological polar surface area (TPSA) is 148 Å². The van der Waals surface area contributed by atoms with E-state index in [9.17, 15) is 22.8 Å². The number of benzene rings is 1. The van der Waals surface area contributed by atoms with Gasteiger partial charge in [-0.1, -0.05) is 30.3 Å². The summed E-state index contributed by atoms with van der Waals surface area (Å²) in [5, 5.41) is 0. The van der Waals surface area contributed by atoms with Crippen molar-refractivity contribution < 1.29 is 32.3 Å². The molecule has 0 aliphatic rings. The van der Waals surface area contributed by atoms with Gasteiger partial charge in [0.15, 0.2) is 6.61 Å². The number of primary amides is 1. The molecular formula is C13H18N4O7S. The molecule has 0 aromatic heterocycles. The Morgan fingerprint density at radius 3 is 2.24 bits per heavy atom. The van der Waals surface area contributed by atoms with Crippen molar-refractivity contribution in [2.45, 2.75) is 6.61 Å². The van der Waals surface area contributed by atoms with Crippen LogP contribution in [0.25, 0.3) is 0 Å². The molecule has 0 bridgehead atoms. The van der Waals surface area contributed by atoms with E-state index < -0.39 is 34.9 Å². The van der Waals surface area contributed by atoms with Crippen molar-refractivity contribution in [2.24, 2.45) is 5.73 Å². The van der Waals surface area contributed by atoms with Gasteiger partial charge in [0.05, 0.1) is 0 Å². The molecule has 0 aliphatic heterocycles. The smallest absolute Gasteiger partial charge is 0.427 e. The fraction of sp³-hybridized carbons (Fsp3) is 0.308. The first-order valence-electron chi connectivity index (χ1n) is 6.79. The number of amides is 3. The van der Waals surface area contributed by atoms with E-state index >= 15 is 0 Å². The third-order valence-electron chi connectivity index (χ3n) is 2.66. The number of carbonyl (C=O) groups excluding carboxylic acids is 3. The largest absolute Gasteiger partial charge is 0.443 e. The quantitative estimate of drug-likeness (QED) is 0.641. The van der Waals surface area contributed by atoms with Crippen molar-refractivity contribution in [1.82, 2.24) is 14.1 Å². The molecule has 0 saturated heterocycles. The van der Waals surface area contributed by atoms with Gasteiger partial charge in [-0.2, -0.15) is 12.7 Å². The number of carbonyl (C=O) groups is 3. The second-order valence-electron chi connectivity index (χ2n) is 4.73. The van der Waals surface area contributed by atoms with Crippen molar-refractivity contribution in [2.75, 3.05) is 20.7 Å². The van der Waals surface area contributed by atoms with Crippen molar-refractivity contribution in [1.29, 1.82) is 0 Å². The minimum absolute atomic E-state index is 0.00324. The molecule has 0 radical (unpaired) electrons. The van der Waals surface area contributed by atoms with Gasteiger partial charge in [0.1, 0.15) is 6.61 Å². The van der Waals surface area contributed by atoms with E-state index in [2.05, 4.69) is 4.74 Å². The van der Waals surface area contributed by atoms with Crippen LogP contribution in [0, 0.1) is 0 Å². The van der Waals surface area contributed by atoms with Crippen molar-refractivity contribution in [3.8, 4) is 0 Å². The molecule has 0 heterocycles. The fourth-order valence-corrected chi connectivity index (χ4v) is 2.27. The number of ether oxygens (including phenoxy) is 2. The molecule has 0 saturated carbocycles. The van der Waals surface area contributed by atoms with Crippen molar-refractivity contribution in [3.05, 3.63) is 35.9 Å². The zero-order valence-electron chi connectivity index (χ0n) is 13.5. The van der Waals surface area contributed by atoms with E-state index in [1.54, 1.807) is 35.8 Å². The lowest BCUT2D eigenvalue weighted by molar-refractivity contribution is -0.131. The summed E-state index contributed by atoms with van der Waals surface area (Å²) in [4.78, 5) is 34.3. The standard InChI is InChI=1S/C13H18N4O7S/c1-16(2)25(21,22)17(11(18)9-23-12(14)19)15-13(20)24-8-10-6-4-3-5-7-10/h3-7H,8-9H2,1-2H3,(H2,14,19)(H,15,20). The summed E-state index contributed by atoms with van der Waals surface area (Å²) in [7, 11) is -2.11. The van der Waals surface area contributed by atoms with E-state index in [0.29, 0.717) is 9.87 Å². The summed E-state index contributed by atoms with van der Waals surface area (Å²) in [5.41, 5.74) is 7.17. The molecule has 25 heavy (non-hydrogen) atoms. The molecule has 1 aromatic carbocycles. The zero-order chi connectivity index (χ0) is 19.0. The predicted octanol–water partition coefficient (Wildman–Crippen LogP) is -0.442. The van der Waals surface area contributed by atoms with Crippen LogP contribution in [0.15, 0.2) is 30.3 Å². The second-order valence-corrected chi connectivity index (χ2v) is 6.72. The van der Waals surface area contributed by atoms with E-state index in [1.807, 2.05) is 0 Å². The molecule has 0 spiro atoms. The minimum atomic E-state index is -4.39. The number of hydrogen-bond acceptors (Lipinski definition) is 7. The molecule has 0 aliphatic carbocycles. The Morgan fingerprint density at radius 2 is 1.72 bits per heavy atom. The van der Waals surface area contributed by atoms with Gasteiger partial charge < -0.3 is 15.2 Å². The van der Waals surface area contributed by atoms with Crippen molar-refractivity contribution in [3.63, 3.8) is 0 Å². The molecule has 138 valence electrons. The Balaban J connectivity index is 2.80. The van der Waals surface area contributed by atoms with Gasteiger partial charge in [-0.25, -0.2) is 15.0 Å². The van der Waals surface area contributed by atoms with Gasteiger partial charge in [0.25, 0.3) is 5.91 Å². The van der Waals surface area contributed by atoms with Crippen LogP contribution < -0.4 is 11.2 Å². The first-order valence-corrected chi connectivity index (χ1v) is 8.19. The highest BCUT2D eigenvalue weighted by atomic mass is 32.2. The van der Waals surface area contributed by atoms with Gasteiger partial charge in [-0.15, -0.1) is 4.41 Å². The molecule has 3 N–H and O–H groups in total. The maximum atomic E-state index is 12.1. The lowest BCUT2D eigenvalue weighted by atomic mass is 10.2. The average molecular weight is 374 g/mol. The molecule has 0 unspecified atom stereocenters. The SMILES string of the molecule is CN(C)S(=O)(=O)N(NC(=O)OCc1ccccc1)C(=O)COC(N)=O. The van der Waals surface area contributed by atoms with E-state index in [1.165, 1.54) is 0 Å². The third kappa shape index (κ3) is 6.27. The number of hydrazine groups is 1. The number of nitrogens with one attached hydrogen (secondary N) is 1. The molecular weight excluding hydrogens is 356 g/mol. The lowest BCUT2D eigenvalue weighted by Crippen LogP contribution is -2.54. The monoisotopic (exact) mass is 374 g/mol. The van der Waals surface area contributed by atoms with Gasteiger partial charge in [0, 0.05) is 14.1 Å². The maximum absolute atomic E-state index is 12.1. The van der Waals surface area contributed by atoms with Crippen LogP contribution in [0.4, 0.5) is 9.59 Å². The number of nitrogens with two attached hydrogens (primary N) is 1. The molecule has 3 amide bonds. The van der Waals surface area contributed by atoms with E-state index in [-0.39, 0.29) is 11.0 Å².